The molecular formula is C23H20FN7O2S. The van der Waals surface area contributed by atoms with Crippen LogP contribution in [0.2, 0.25) is 0 Å². The quantitative estimate of drug-likeness (QED) is 0.391. The molecule has 0 aliphatic carbocycles. The highest BCUT2D eigenvalue weighted by Gasteiger charge is 2.23. The Labute approximate surface area is 198 Å². The molecule has 0 unspecified atom stereocenters. The van der Waals surface area contributed by atoms with Gasteiger partial charge in [-0.3, -0.25) is 13.9 Å². The molecule has 172 valence electrons. The molecule has 3 heterocycles. The molecule has 0 radical (unpaired) electrons. The third kappa shape index (κ3) is 4.25. The van der Waals surface area contributed by atoms with Gasteiger partial charge in [-0.15, -0.1) is 10.2 Å². The molecule has 9 nitrogen and oxygen atoms in total. The molecule has 1 fully saturated rings. The lowest BCUT2D eigenvalue weighted by atomic mass is 10.2. The maximum atomic E-state index is 14.1. The van der Waals surface area contributed by atoms with Gasteiger partial charge in [0.25, 0.3) is 5.56 Å². The number of anilines is 1. The van der Waals surface area contributed by atoms with E-state index in [9.17, 15) is 14.4 Å². The van der Waals surface area contributed by atoms with Gasteiger partial charge in [0.1, 0.15) is 18.2 Å². The summed E-state index contributed by atoms with van der Waals surface area (Å²) >= 11 is 1.32. The van der Waals surface area contributed by atoms with Gasteiger partial charge in [0.2, 0.25) is 5.95 Å². The van der Waals surface area contributed by atoms with Gasteiger partial charge in [0.15, 0.2) is 5.16 Å². The predicted molar refractivity (Wildman–Crippen MR) is 126 cm³/mol. The van der Waals surface area contributed by atoms with E-state index in [1.807, 2.05) is 17.0 Å². The summed E-state index contributed by atoms with van der Waals surface area (Å²) in [5, 5.41) is 19.0. The molecule has 0 bridgehead atoms. The Balaban J connectivity index is 1.54. The number of halogens is 1. The molecule has 2 aromatic carbocycles. The average molecular weight is 478 g/mol. The Morgan fingerprint density at radius 2 is 1.94 bits per heavy atom. The van der Waals surface area contributed by atoms with E-state index >= 15 is 0 Å². The lowest BCUT2D eigenvalue weighted by molar-refractivity contribution is 0.122. The maximum Gasteiger partial charge on any atom is 0.262 e. The number of rotatable bonds is 6. The van der Waals surface area contributed by atoms with E-state index in [-0.39, 0.29) is 23.7 Å². The molecule has 1 saturated heterocycles. The van der Waals surface area contributed by atoms with E-state index < -0.39 is 0 Å². The summed E-state index contributed by atoms with van der Waals surface area (Å²) < 4.78 is 22.7. The van der Waals surface area contributed by atoms with Crippen molar-refractivity contribution in [3.63, 3.8) is 0 Å². The molecule has 1 aliphatic rings. The zero-order chi connectivity index (χ0) is 23.5. The van der Waals surface area contributed by atoms with Gasteiger partial charge in [-0.05, 0) is 30.3 Å². The number of nitrogens with zero attached hydrogens (tertiary/aromatic N) is 7. The molecule has 5 rings (SSSR count). The number of hydrogen-bond donors (Lipinski definition) is 0. The first-order valence-electron chi connectivity index (χ1n) is 10.7. The summed E-state index contributed by atoms with van der Waals surface area (Å²) in [7, 11) is 0. The number of benzene rings is 2. The number of ether oxygens (including phenoxy) is 1. The van der Waals surface area contributed by atoms with Crippen molar-refractivity contribution in [2.45, 2.75) is 17.5 Å². The highest BCUT2D eigenvalue weighted by molar-refractivity contribution is 7.98. The minimum absolute atomic E-state index is 0.109. The van der Waals surface area contributed by atoms with Crippen LogP contribution in [0.1, 0.15) is 5.82 Å². The third-order valence-electron chi connectivity index (χ3n) is 5.48. The van der Waals surface area contributed by atoms with Crippen LogP contribution in [-0.4, -0.2) is 50.6 Å². The van der Waals surface area contributed by atoms with Crippen LogP contribution >= 0.6 is 11.8 Å². The summed E-state index contributed by atoms with van der Waals surface area (Å²) in [5.41, 5.74) is 0.899. The third-order valence-corrected chi connectivity index (χ3v) is 6.40. The van der Waals surface area contributed by atoms with Gasteiger partial charge >= 0.3 is 0 Å². The smallest absolute Gasteiger partial charge is 0.262 e. The Kier molecular flexibility index (Phi) is 6.24. The Hall–Kier alpha value is -3.75. The minimum Gasteiger partial charge on any atom is -0.378 e. The molecule has 2 aromatic heterocycles. The van der Waals surface area contributed by atoms with Crippen LogP contribution in [-0.2, 0) is 17.0 Å². The Morgan fingerprint density at radius 3 is 2.74 bits per heavy atom. The normalized spacial score (nSPS) is 13.8. The van der Waals surface area contributed by atoms with Crippen molar-refractivity contribution in [1.82, 2.24) is 24.3 Å². The van der Waals surface area contributed by atoms with Crippen LogP contribution in [0.4, 0.5) is 10.3 Å². The molecular weight excluding hydrogens is 457 g/mol. The summed E-state index contributed by atoms with van der Waals surface area (Å²) in [6.07, 6.45) is 0. The first-order valence-corrected chi connectivity index (χ1v) is 11.7. The topological polar surface area (TPSA) is 102 Å². The van der Waals surface area contributed by atoms with Gasteiger partial charge in [0, 0.05) is 13.1 Å². The number of thioether (sulfide) groups is 1. The molecule has 34 heavy (non-hydrogen) atoms. The second-order valence-corrected chi connectivity index (χ2v) is 8.52. The second-order valence-electron chi connectivity index (χ2n) is 7.58. The minimum atomic E-state index is -0.367. The zero-order valence-corrected chi connectivity index (χ0v) is 18.9. The Morgan fingerprint density at radius 1 is 1.12 bits per heavy atom. The molecule has 4 aromatic rings. The van der Waals surface area contributed by atoms with Crippen molar-refractivity contribution in [3.8, 4) is 11.8 Å². The lowest BCUT2D eigenvalue weighted by Gasteiger charge is -2.27. The molecule has 11 heteroatoms. The van der Waals surface area contributed by atoms with Crippen LogP contribution in [0.15, 0.2) is 58.5 Å². The summed E-state index contributed by atoms with van der Waals surface area (Å²) in [5.74, 6) is 0.960. The van der Waals surface area contributed by atoms with E-state index in [0.717, 1.165) is 0 Å². The van der Waals surface area contributed by atoms with Crippen molar-refractivity contribution in [2.24, 2.45) is 0 Å². The van der Waals surface area contributed by atoms with Gasteiger partial charge in [-0.25, -0.2) is 9.37 Å². The van der Waals surface area contributed by atoms with Gasteiger partial charge in [-0.1, -0.05) is 30.0 Å². The van der Waals surface area contributed by atoms with Crippen molar-refractivity contribution in [2.75, 3.05) is 31.2 Å². The van der Waals surface area contributed by atoms with Crippen LogP contribution in [0.3, 0.4) is 0 Å². The molecule has 0 amide bonds. The van der Waals surface area contributed by atoms with Crippen LogP contribution < -0.4 is 10.5 Å². The molecule has 0 N–H and O–H groups in total. The van der Waals surface area contributed by atoms with E-state index in [4.69, 9.17) is 4.74 Å². The van der Waals surface area contributed by atoms with Crippen molar-refractivity contribution < 1.29 is 9.13 Å². The predicted octanol–water partition coefficient (Wildman–Crippen LogP) is 2.77. The molecule has 0 atom stereocenters. The standard InChI is InChI=1S/C23H20FN7O2S/c24-16-4-3-5-17(14-16)31-22(29-10-12-33-13-11-29)27-28-23(31)34-15-20-26-19-7-2-1-6-18(19)21(32)30(20)9-8-25/h1-7,14H,9-13,15H2. The van der Waals surface area contributed by atoms with E-state index in [2.05, 4.69) is 15.2 Å². The maximum absolute atomic E-state index is 14.1. The Bertz CT molecular complexity index is 1440. The SMILES string of the molecule is N#CCn1c(CSc2nnc(N3CCOCC3)n2-c2cccc(F)c2)nc2ccccc2c1=O. The summed E-state index contributed by atoms with van der Waals surface area (Å²) in [6, 6.07) is 15.3. The van der Waals surface area contributed by atoms with Crippen molar-refractivity contribution in [3.05, 3.63) is 70.5 Å². The fourth-order valence-electron chi connectivity index (χ4n) is 3.85. The fourth-order valence-corrected chi connectivity index (χ4v) is 4.75. The van der Waals surface area contributed by atoms with E-state index in [1.54, 1.807) is 34.9 Å². The van der Waals surface area contributed by atoms with Gasteiger partial charge < -0.3 is 9.64 Å². The van der Waals surface area contributed by atoms with Crippen molar-refractivity contribution >= 4 is 28.6 Å². The van der Waals surface area contributed by atoms with Crippen molar-refractivity contribution in [1.29, 1.82) is 5.26 Å². The van der Waals surface area contributed by atoms with Crippen LogP contribution in [0, 0.1) is 17.1 Å². The van der Waals surface area contributed by atoms with E-state index in [0.29, 0.717) is 59.8 Å². The summed E-state index contributed by atoms with van der Waals surface area (Å²) in [6.45, 7) is 2.32. The van der Waals surface area contributed by atoms with Gasteiger partial charge in [-0.2, -0.15) is 5.26 Å². The molecule has 0 spiro atoms. The molecule has 0 saturated carbocycles. The monoisotopic (exact) mass is 477 g/mol. The summed E-state index contributed by atoms with van der Waals surface area (Å²) in [4.78, 5) is 19.6. The first-order chi connectivity index (χ1) is 16.7. The van der Waals surface area contributed by atoms with Gasteiger partial charge in [0.05, 0.1) is 41.6 Å². The van der Waals surface area contributed by atoms with E-state index in [1.165, 1.54) is 28.5 Å². The highest BCUT2D eigenvalue weighted by atomic mass is 32.2. The lowest BCUT2D eigenvalue weighted by Crippen LogP contribution is -2.37. The number of nitriles is 1. The van der Waals surface area contributed by atoms with Crippen LogP contribution in [0.25, 0.3) is 16.6 Å². The first kappa shape index (κ1) is 22.1. The highest BCUT2D eigenvalue weighted by Crippen LogP contribution is 2.29. The molecule has 1 aliphatic heterocycles. The number of para-hydroxylation sites is 1. The average Bonchev–Trinajstić information content (AvgIpc) is 3.29. The number of aromatic nitrogens is 5. The fraction of sp³-hybridized carbons (Fsp3) is 0.261. The number of fused-ring (bicyclic) bond motifs is 1. The number of hydrogen-bond acceptors (Lipinski definition) is 8. The number of morpholine rings is 1. The van der Waals surface area contributed by atoms with Crippen LogP contribution in [0.5, 0.6) is 0 Å². The zero-order valence-electron chi connectivity index (χ0n) is 18.1. The second kappa shape index (κ2) is 9.62. The largest absolute Gasteiger partial charge is 0.378 e.